The topological polar surface area (TPSA) is 18.5 Å². The Hall–Kier alpha value is -2.17. The quantitative estimate of drug-likeness (QED) is 0.821. The number of ether oxygens (including phenoxy) is 2. The van der Waals surface area contributed by atoms with E-state index in [-0.39, 0.29) is 5.75 Å². The molecule has 0 N–H and O–H groups in total. The minimum Gasteiger partial charge on any atom is -0.497 e. The van der Waals surface area contributed by atoms with Crippen molar-refractivity contribution in [3.63, 3.8) is 0 Å². The molecule has 0 bridgehead atoms. The summed E-state index contributed by atoms with van der Waals surface area (Å²) in [5, 5.41) is 0. The highest BCUT2D eigenvalue weighted by Crippen LogP contribution is 2.36. The Morgan fingerprint density at radius 1 is 0.950 bits per heavy atom. The summed E-state index contributed by atoms with van der Waals surface area (Å²) in [6.07, 6.45) is -4.71. The molecule has 2 nitrogen and oxygen atoms in total. The lowest BCUT2D eigenvalue weighted by molar-refractivity contribution is -0.274. The van der Waals surface area contributed by atoms with Crippen molar-refractivity contribution in [1.29, 1.82) is 0 Å². The number of hydrogen-bond donors (Lipinski definition) is 0. The van der Waals surface area contributed by atoms with Gasteiger partial charge in [-0.05, 0) is 36.2 Å². The summed E-state index contributed by atoms with van der Waals surface area (Å²) in [4.78, 5) is 0. The van der Waals surface area contributed by atoms with Gasteiger partial charge in [0, 0.05) is 5.56 Å². The van der Waals surface area contributed by atoms with E-state index in [1.54, 1.807) is 30.3 Å². The van der Waals surface area contributed by atoms with Crippen molar-refractivity contribution in [1.82, 2.24) is 0 Å². The molecule has 0 radical (unpaired) electrons. The predicted molar refractivity (Wildman–Crippen MR) is 69.9 cm³/mol. The maximum atomic E-state index is 12.4. The zero-order valence-corrected chi connectivity index (χ0v) is 11.0. The van der Waals surface area contributed by atoms with Gasteiger partial charge in [-0.25, -0.2) is 0 Å². The van der Waals surface area contributed by atoms with Crippen molar-refractivity contribution in [2.75, 3.05) is 7.11 Å². The van der Waals surface area contributed by atoms with E-state index in [0.717, 1.165) is 5.56 Å². The van der Waals surface area contributed by atoms with Gasteiger partial charge in [-0.3, -0.25) is 0 Å². The average Bonchev–Trinajstić information content (AvgIpc) is 2.38. The van der Waals surface area contributed by atoms with Gasteiger partial charge in [-0.1, -0.05) is 24.3 Å². The minimum atomic E-state index is -4.71. The largest absolute Gasteiger partial charge is 0.573 e. The predicted octanol–water partition coefficient (Wildman–Crippen LogP) is 4.57. The van der Waals surface area contributed by atoms with E-state index in [4.69, 9.17) is 4.74 Å². The lowest BCUT2D eigenvalue weighted by atomic mass is 9.99. The number of hydrogen-bond acceptors (Lipinski definition) is 2. The first kappa shape index (κ1) is 14.2. The van der Waals surface area contributed by atoms with Crippen LogP contribution in [0.4, 0.5) is 13.2 Å². The molecule has 0 aliphatic rings. The van der Waals surface area contributed by atoms with Crippen LogP contribution in [0.5, 0.6) is 11.5 Å². The van der Waals surface area contributed by atoms with Crippen molar-refractivity contribution in [3.05, 3.63) is 48.0 Å². The standard InChI is InChI=1S/C15H13F3O2/c1-10-9-11(19-2)7-8-12(10)13-5-3-4-6-14(13)20-15(16,17)18/h3-9H,1-2H3. The molecule has 0 saturated heterocycles. The van der Waals surface area contributed by atoms with E-state index in [1.807, 2.05) is 6.92 Å². The lowest BCUT2D eigenvalue weighted by Gasteiger charge is -2.15. The minimum absolute atomic E-state index is 0.215. The first-order valence-corrected chi connectivity index (χ1v) is 5.90. The fraction of sp³-hybridized carbons (Fsp3) is 0.200. The Kier molecular flexibility index (Phi) is 3.88. The van der Waals surface area contributed by atoms with Gasteiger partial charge in [0.1, 0.15) is 11.5 Å². The van der Waals surface area contributed by atoms with Crippen molar-refractivity contribution < 1.29 is 22.6 Å². The van der Waals surface area contributed by atoms with Crippen LogP contribution < -0.4 is 9.47 Å². The SMILES string of the molecule is COc1ccc(-c2ccccc2OC(F)(F)F)c(C)c1. The first-order chi connectivity index (χ1) is 9.40. The summed E-state index contributed by atoms with van der Waals surface area (Å²) in [7, 11) is 1.54. The number of rotatable bonds is 3. The van der Waals surface area contributed by atoms with Crippen LogP contribution in [0.15, 0.2) is 42.5 Å². The van der Waals surface area contributed by atoms with Gasteiger partial charge in [-0.2, -0.15) is 0 Å². The van der Waals surface area contributed by atoms with Gasteiger partial charge >= 0.3 is 6.36 Å². The van der Waals surface area contributed by atoms with E-state index in [2.05, 4.69) is 4.74 Å². The van der Waals surface area contributed by atoms with Crippen molar-refractivity contribution in [2.45, 2.75) is 13.3 Å². The molecule has 20 heavy (non-hydrogen) atoms. The Morgan fingerprint density at radius 3 is 2.25 bits per heavy atom. The lowest BCUT2D eigenvalue weighted by Crippen LogP contribution is -2.17. The highest BCUT2D eigenvalue weighted by Gasteiger charge is 2.32. The number of para-hydroxylation sites is 1. The number of halogens is 3. The molecule has 2 aromatic carbocycles. The molecule has 0 aromatic heterocycles. The second-order valence-electron chi connectivity index (χ2n) is 4.22. The molecule has 0 unspecified atom stereocenters. The number of aryl methyl sites for hydroxylation is 1. The van der Waals surface area contributed by atoms with Crippen molar-refractivity contribution in [3.8, 4) is 22.6 Å². The molecule has 2 rings (SSSR count). The molecule has 0 atom stereocenters. The Bertz CT molecular complexity index is 606. The van der Waals surface area contributed by atoms with Crippen LogP contribution in [0.3, 0.4) is 0 Å². The van der Waals surface area contributed by atoms with Gasteiger partial charge in [0.05, 0.1) is 7.11 Å². The molecular formula is C15H13F3O2. The first-order valence-electron chi connectivity index (χ1n) is 5.90. The van der Waals surface area contributed by atoms with Crippen LogP contribution >= 0.6 is 0 Å². The van der Waals surface area contributed by atoms with Crippen molar-refractivity contribution >= 4 is 0 Å². The monoisotopic (exact) mass is 282 g/mol. The molecule has 0 aliphatic heterocycles. The van der Waals surface area contributed by atoms with E-state index < -0.39 is 6.36 Å². The molecule has 106 valence electrons. The zero-order chi connectivity index (χ0) is 14.8. The number of benzene rings is 2. The Morgan fingerprint density at radius 2 is 1.65 bits per heavy atom. The maximum absolute atomic E-state index is 12.4. The smallest absolute Gasteiger partial charge is 0.497 e. The second-order valence-corrected chi connectivity index (χ2v) is 4.22. The van der Waals surface area contributed by atoms with E-state index in [9.17, 15) is 13.2 Å². The van der Waals surface area contributed by atoms with Crippen LogP contribution in [-0.4, -0.2) is 13.5 Å². The van der Waals surface area contributed by atoms with Crippen LogP contribution in [0.1, 0.15) is 5.56 Å². The summed E-state index contributed by atoms with van der Waals surface area (Å²) >= 11 is 0. The van der Waals surface area contributed by atoms with Crippen LogP contribution in [0.2, 0.25) is 0 Å². The molecule has 0 spiro atoms. The van der Waals surface area contributed by atoms with Gasteiger partial charge in [0.2, 0.25) is 0 Å². The Balaban J connectivity index is 2.47. The highest BCUT2D eigenvalue weighted by atomic mass is 19.4. The number of alkyl halides is 3. The highest BCUT2D eigenvalue weighted by molar-refractivity contribution is 5.73. The van der Waals surface area contributed by atoms with Crippen LogP contribution in [0, 0.1) is 6.92 Å². The maximum Gasteiger partial charge on any atom is 0.573 e. The normalized spacial score (nSPS) is 11.2. The zero-order valence-electron chi connectivity index (χ0n) is 11.0. The fourth-order valence-electron chi connectivity index (χ4n) is 1.97. The molecule has 0 amide bonds. The molecule has 0 heterocycles. The average molecular weight is 282 g/mol. The summed E-state index contributed by atoms with van der Waals surface area (Å²) in [5.41, 5.74) is 1.87. The van der Waals surface area contributed by atoms with Gasteiger partial charge in [0.25, 0.3) is 0 Å². The molecule has 0 fully saturated rings. The summed E-state index contributed by atoms with van der Waals surface area (Å²) in [6.45, 7) is 1.81. The second kappa shape index (κ2) is 5.45. The van der Waals surface area contributed by atoms with E-state index >= 15 is 0 Å². The third-order valence-electron chi connectivity index (χ3n) is 2.84. The third-order valence-corrected chi connectivity index (χ3v) is 2.84. The van der Waals surface area contributed by atoms with Gasteiger partial charge in [-0.15, -0.1) is 13.2 Å². The molecular weight excluding hydrogens is 269 g/mol. The summed E-state index contributed by atoms with van der Waals surface area (Å²) < 4.78 is 46.4. The van der Waals surface area contributed by atoms with E-state index in [1.165, 1.54) is 19.2 Å². The number of methoxy groups -OCH3 is 1. The van der Waals surface area contributed by atoms with Gasteiger partial charge < -0.3 is 9.47 Å². The van der Waals surface area contributed by atoms with Crippen LogP contribution in [0.25, 0.3) is 11.1 Å². The summed E-state index contributed by atoms with van der Waals surface area (Å²) in [5.74, 6) is 0.439. The molecule has 0 aliphatic carbocycles. The Labute approximate surface area is 114 Å². The van der Waals surface area contributed by atoms with Crippen molar-refractivity contribution in [2.24, 2.45) is 0 Å². The van der Waals surface area contributed by atoms with Gasteiger partial charge in [0.15, 0.2) is 0 Å². The molecule has 2 aromatic rings. The van der Waals surface area contributed by atoms with E-state index in [0.29, 0.717) is 16.9 Å². The molecule has 5 heteroatoms. The van der Waals surface area contributed by atoms with Crippen LogP contribution in [-0.2, 0) is 0 Å². The fourth-order valence-corrected chi connectivity index (χ4v) is 1.97. The third kappa shape index (κ3) is 3.23. The molecule has 0 saturated carbocycles. The summed E-state index contributed by atoms with van der Waals surface area (Å²) in [6, 6.07) is 11.2.